The van der Waals surface area contributed by atoms with Gasteiger partial charge in [0.15, 0.2) is 0 Å². The van der Waals surface area contributed by atoms with Crippen LogP contribution in [0.1, 0.15) is 17.7 Å². The average molecular weight is 285 g/mol. The van der Waals surface area contributed by atoms with Gasteiger partial charge in [-0.15, -0.1) is 0 Å². The normalized spacial score (nSPS) is 12.9. The summed E-state index contributed by atoms with van der Waals surface area (Å²) in [6.07, 6.45) is 4.96. The van der Waals surface area contributed by atoms with E-state index in [9.17, 15) is 0 Å². The van der Waals surface area contributed by atoms with E-state index < -0.39 is 0 Å². The summed E-state index contributed by atoms with van der Waals surface area (Å²) in [7, 11) is 0. The topological polar surface area (TPSA) is 13.1 Å². The highest BCUT2D eigenvalue weighted by atomic mass is 79.9. The van der Waals surface area contributed by atoms with E-state index in [0.717, 1.165) is 25.0 Å². The molecule has 0 N–H and O–H groups in total. The molecule has 0 saturated heterocycles. The summed E-state index contributed by atoms with van der Waals surface area (Å²) in [6, 6.07) is 6.16. The molecule has 0 spiro atoms. The highest BCUT2D eigenvalue weighted by Gasteiger charge is 2.07. The Hall–Kier alpha value is -0.540. The molecule has 1 nitrogen and oxygen atoms in total. The molecule has 0 aliphatic heterocycles. The van der Waals surface area contributed by atoms with Crippen LogP contribution in [0.4, 0.5) is 0 Å². The van der Waals surface area contributed by atoms with Crippen LogP contribution in [0.5, 0.6) is 0 Å². The Balaban J connectivity index is 1.76. The van der Waals surface area contributed by atoms with Crippen molar-refractivity contribution in [1.29, 1.82) is 0 Å². The summed E-state index contributed by atoms with van der Waals surface area (Å²) in [4.78, 5) is 0.539. The molecule has 0 amide bonds. The van der Waals surface area contributed by atoms with Crippen LogP contribution in [0.15, 0.2) is 39.6 Å². The minimum Gasteiger partial charge on any atom is -0.469 e. The lowest BCUT2D eigenvalue weighted by molar-refractivity contribution is 0.500. The monoisotopic (exact) mass is 284 g/mol. The molecule has 2 rings (SSSR count). The van der Waals surface area contributed by atoms with Crippen LogP contribution in [0, 0.1) is 0 Å². The van der Waals surface area contributed by atoms with E-state index in [2.05, 4.69) is 32.8 Å². The number of thiophene rings is 1. The molecule has 15 heavy (non-hydrogen) atoms. The van der Waals surface area contributed by atoms with Gasteiger partial charge in [0.2, 0.25) is 0 Å². The number of hydrogen-bond donors (Lipinski definition) is 0. The van der Waals surface area contributed by atoms with Crippen LogP contribution >= 0.6 is 27.3 Å². The van der Waals surface area contributed by atoms with Gasteiger partial charge in [0, 0.05) is 11.2 Å². The van der Waals surface area contributed by atoms with Gasteiger partial charge in [-0.2, -0.15) is 11.3 Å². The van der Waals surface area contributed by atoms with E-state index in [0.29, 0.717) is 4.83 Å². The summed E-state index contributed by atoms with van der Waals surface area (Å²) in [5, 5.41) is 4.34. The number of aryl methyl sites for hydroxylation is 1. The fraction of sp³-hybridized carbons (Fsp3) is 0.333. The minimum absolute atomic E-state index is 0.539. The van der Waals surface area contributed by atoms with Crippen LogP contribution in [0.25, 0.3) is 0 Å². The van der Waals surface area contributed by atoms with Crippen molar-refractivity contribution in [2.45, 2.75) is 24.1 Å². The molecule has 0 aliphatic rings. The quantitative estimate of drug-likeness (QED) is 0.747. The van der Waals surface area contributed by atoms with Crippen molar-refractivity contribution in [3.63, 3.8) is 0 Å². The standard InChI is InChI=1S/C12H13BrOS/c13-11(8-10-5-7-15-9-10)3-4-12-2-1-6-14-12/h1-2,5-7,9,11H,3-4,8H2. The molecule has 0 bridgehead atoms. The van der Waals surface area contributed by atoms with Crippen LogP contribution in [-0.4, -0.2) is 4.83 Å². The molecule has 0 radical (unpaired) electrons. The van der Waals surface area contributed by atoms with Gasteiger partial charge in [-0.3, -0.25) is 0 Å². The Bertz CT molecular complexity index is 366. The fourth-order valence-electron chi connectivity index (χ4n) is 1.52. The second-order valence-electron chi connectivity index (χ2n) is 3.55. The van der Waals surface area contributed by atoms with Crippen molar-refractivity contribution in [3.8, 4) is 0 Å². The number of furan rings is 1. The van der Waals surface area contributed by atoms with Crippen LogP contribution in [-0.2, 0) is 12.8 Å². The molecular weight excluding hydrogens is 272 g/mol. The van der Waals surface area contributed by atoms with E-state index in [4.69, 9.17) is 4.42 Å². The summed E-state index contributed by atoms with van der Waals surface area (Å²) in [6.45, 7) is 0. The van der Waals surface area contributed by atoms with Crippen molar-refractivity contribution in [2.75, 3.05) is 0 Å². The van der Waals surface area contributed by atoms with Gasteiger partial charge >= 0.3 is 0 Å². The maximum atomic E-state index is 5.30. The van der Waals surface area contributed by atoms with Crippen molar-refractivity contribution in [3.05, 3.63) is 46.5 Å². The molecule has 0 aliphatic carbocycles. The fourth-order valence-corrected chi connectivity index (χ4v) is 2.80. The summed E-state index contributed by atoms with van der Waals surface area (Å²) < 4.78 is 5.30. The molecular formula is C12H13BrOS. The van der Waals surface area contributed by atoms with Gasteiger partial charge in [-0.05, 0) is 47.4 Å². The van der Waals surface area contributed by atoms with Crippen LogP contribution < -0.4 is 0 Å². The highest BCUT2D eigenvalue weighted by molar-refractivity contribution is 9.09. The zero-order valence-corrected chi connectivity index (χ0v) is 10.8. The Labute approximate surface area is 102 Å². The summed E-state index contributed by atoms with van der Waals surface area (Å²) >= 11 is 5.47. The van der Waals surface area contributed by atoms with Crippen molar-refractivity contribution in [1.82, 2.24) is 0 Å². The summed E-state index contributed by atoms with van der Waals surface area (Å²) in [5.74, 6) is 1.07. The number of alkyl halides is 1. The lowest BCUT2D eigenvalue weighted by atomic mass is 10.1. The lowest BCUT2D eigenvalue weighted by Crippen LogP contribution is -2.03. The minimum atomic E-state index is 0.539. The van der Waals surface area contributed by atoms with Gasteiger partial charge in [-0.25, -0.2) is 0 Å². The molecule has 2 heterocycles. The largest absolute Gasteiger partial charge is 0.469 e. The second-order valence-corrected chi connectivity index (χ2v) is 5.63. The first-order valence-corrected chi connectivity index (χ1v) is 6.88. The maximum absolute atomic E-state index is 5.30. The van der Waals surface area contributed by atoms with E-state index in [-0.39, 0.29) is 0 Å². The first kappa shape index (κ1) is 11.0. The van der Waals surface area contributed by atoms with E-state index >= 15 is 0 Å². The average Bonchev–Trinajstić information content (AvgIpc) is 2.86. The van der Waals surface area contributed by atoms with E-state index in [1.165, 1.54) is 5.56 Å². The maximum Gasteiger partial charge on any atom is 0.103 e. The Morgan fingerprint density at radius 3 is 3.00 bits per heavy atom. The van der Waals surface area contributed by atoms with Crippen LogP contribution in [0.2, 0.25) is 0 Å². The van der Waals surface area contributed by atoms with Crippen molar-refractivity contribution >= 4 is 27.3 Å². The molecule has 3 heteroatoms. The Morgan fingerprint density at radius 1 is 1.40 bits per heavy atom. The van der Waals surface area contributed by atoms with Crippen molar-refractivity contribution in [2.24, 2.45) is 0 Å². The molecule has 0 aromatic carbocycles. The number of hydrogen-bond acceptors (Lipinski definition) is 2. The molecule has 2 aromatic rings. The lowest BCUT2D eigenvalue weighted by Gasteiger charge is -2.06. The number of rotatable bonds is 5. The molecule has 0 fully saturated rings. The molecule has 2 aromatic heterocycles. The smallest absolute Gasteiger partial charge is 0.103 e. The zero-order chi connectivity index (χ0) is 10.5. The SMILES string of the molecule is BrC(CCc1ccco1)Cc1ccsc1. The van der Waals surface area contributed by atoms with E-state index in [1.54, 1.807) is 17.6 Å². The third kappa shape index (κ3) is 3.50. The van der Waals surface area contributed by atoms with Gasteiger partial charge < -0.3 is 4.42 Å². The van der Waals surface area contributed by atoms with Gasteiger partial charge in [0.1, 0.15) is 5.76 Å². The Kier molecular flexibility index (Phi) is 4.03. The van der Waals surface area contributed by atoms with Crippen molar-refractivity contribution < 1.29 is 4.42 Å². The molecule has 0 saturated carbocycles. The van der Waals surface area contributed by atoms with Crippen LogP contribution in [0.3, 0.4) is 0 Å². The first-order chi connectivity index (χ1) is 7.34. The second kappa shape index (κ2) is 5.52. The molecule has 1 atom stereocenters. The third-order valence-corrected chi connectivity index (χ3v) is 3.83. The zero-order valence-electron chi connectivity index (χ0n) is 8.36. The highest BCUT2D eigenvalue weighted by Crippen LogP contribution is 2.18. The van der Waals surface area contributed by atoms with E-state index in [1.807, 2.05) is 12.1 Å². The van der Waals surface area contributed by atoms with Gasteiger partial charge in [0.25, 0.3) is 0 Å². The molecule has 1 unspecified atom stereocenters. The molecule has 80 valence electrons. The van der Waals surface area contributed by atoms with Gasteiger partial charge in [0.05, 0.1) is 6.26 Å². The van der Waals surface area contributed by atoms with Gasteiger partial charge in [-0.1, -0.05) is 15.9 Å². The predicted molar refractivity (Wildman–Crippen MR) is 67.8 cm³/mol. The number of halogens is 1. The third-order valence-electron chi connectivity index (χ3n) is 2.32. The Morgan fingerprint density at radius 2 is 2.33 bits per heavy atom. The first-order valence-electron chi connectivity index (χ1n) is 5.02. The summed E-state index contributed by atoms with van der Waals surface area (Å²) in [5.41, 5.74) is 1.42. The predicted octanol–water partition coefficient (Wildman–Crippen LogP) is 4.28.